The van der Waals surface area contributed by atoms with Gasteiger partial charge in [-0.25, -0.2) is 0 Å². The zero-order valence-corrected chi connectivity index (χ0v) is 11.4. The molecule has 18 heavy (non-hydrogen) atoms. The molecule has 4 atom stereocenters. The number of allylic oxidation sites excluding steroid dienone is 2. The first kappa shape index (κ1) is 15.5. The van der Waals surface area contributed by atoms with Gasteiger partial charge in [-0.1, -0.05) is 25.0 Å². The fourth-order valence-corrected chi connectivity index (χ4v) is 2.83. The first-order valence-corrected chi connectivity index (χ1v) is 7.27. The molecule has 0 amide bonds. The van der Waals surface area contributed by atoms with Gasteiger partial charge in [0, 0.05) is 0 Å². The minimum absolute atomic E-state index is 0.0539. The summed E-state index contributed by atoms with van der Waals surface area (Å²) in [7, 11) is 0. The van der Waals surface area contributed by atoms with Crippen molar-refractivity contribution < 1.29 is 10.2 Å². The molecule has 0 radical (unpaired) electrons. The highest BCUT2D eigenvalue weighted by Crippen LogP contribution is 2.25. The summed E-state index contributed by atoms with van der Waals surface area (Å²) in [5, 5.41) is 18.3. The highest BCUT2D eigenvalue weighted by molar-refractivity contribution is 4.85. The Morgan fingerprint density at radius 3 is 1.33 bits per heavy atom. The van der Waals surface area contributed by atoms with Gasteiger partial charge >= 0.3 is 0 Å². The number of aliphatic hydroxyl groups is 2. The van der Waals surface area contributed by atoms with E-state index in [2.05, 4.69) is 13.2 Å². The van der Waals surface area contributed by atoms with Gasteiger partial charge in [-0.2, -0.15) is 0 Å². The molecule has 2 fully saturated rings. The van der Waals surface area contributed by atoms with E-state index >= 15 is 0 Å². The summed E-state index contributed by atoms with van der Waals surface area (Å²) in [5.41, 5.74) is 0. The average Bonchev–Trinajstić information content (AvgIpc) is 2.39. The fourth-order valence-electron chi connectivity index (χ4n) is 2.83. The number of rotatable bonds is 2. The van der Waals surface area contributed by atoms with Crippen LogP contribution < -0.4 is 0 Å². The van der Waals surface area contributed by atoms with E-state index in [1.807, 2.05) is 12.2 Å². The topological polar surface area (TPSA) is 40.5 Å². The number of hydrogen-bond donors (Lipinski definition) is 2. The molecule has 0 aromatic carbocycles. The summed E-state index contributed by atoms with van der Waals surface area (Å²) in [5.74, 6) is 1.16. The maximum absolute atomic E-state index is 9.16. The quantitative estimate of drug-likeness (QED) is 0.739. The average molecular weight is 252 g/mol. The van der Waals surface area contributed by atoms with E-state index in [0.29, 0.717) is 11.8 Å². The third-order valence-corrected chi connectivity index (χ3v) is 4.04. The largest absolute Gasteiger partial charge is 0.393 e. The predicted molar refractivity (Wildman–Crippen MR) is 76.3 cm³/mol. The summed E-state index contributed by atoms with van der Waals surface area (Å²) >= 11 is 0. The Labute approximate surface area is 111 Å². The lowest BCUT2D eigenvalue weighted by Crippen LogP contribution is -2.17. The van der Waals surface area contributed by atoms with Crippen LogP contribution in [0.4, 0.5) is 0 Å². The Morgan fingerprint density at radius 1 is 0.722 bits per heavy atom. The molecule has 2 N–H and O–H groups in total. The Balaban J connectivity index is 0.000000180. The lowest BCUT2D eigenvalue weighted by Gasteiger charge is -2.22. The molecule has 0 bridgehead atoms. The molecule has 104 valence electrons. The maximum Gasteiger partial charge on any atom is 0.0545 e. The van der Waals surface area contributed by atoms with Gasteiger partial charge in [-0.3, -0.25) is 0 Å². The van der Waals surface area contributed by atoms with E-state index in [9.17, 15) is 0 Å². The van der Waals surface area contributed by atoms with Crippen LogP contribution in [-0.2, 0) is 0 Å². The van der Waals surface area contributed by atoms with Crippen molar-refractivity contribution >= 4 is 0 Å². The molecule has 0 heterocycles. The van der Waals surface area contributed by atoms with E-state index in [1.54, 1.807) is 0 Å². The van der Waals surface area contributed by atoms with Crippen LogP contribution in [0.15, 0.2) is 25.3 Å². The summed E-state index contributed by atoms with van der Waals surface area (Å²) in [6.07, 6.45) is 12.4. The highest BCUT2D eigenvalue weighted by Gasteiger charge is 2.17. The van der Waals surface area contributed by atoms with Gasteiger partial charge < -0.3 is 10.2 Å². The monoisotopic (exact) mass is 252 g/mol. The molecule has 0 spiro atoms. The maximum atomic E-state index is 9.16. The van der Waals surface area contributed by atoms with E-state index in [0.717, 1.165) is 38.5 Å². The summed E-state index contributed by atoms with van der Waals surface area (Å²) in [6.45, 7) is 7.42. The van der Waals surface area contributed by atoms with Crippen LogP contribution in [0.1, 0.15) is 51.4 Å². The van der Waals surface area contributed by atoms with Gasteiger partial charge in [0.1, 0.15) is 0 Å². The molecule has 2 nitrogen and oxygen atoms in total. The zero-order chi connectivity index (χ0) is 13.4. The summed E-state index contributed by atoms with van der Waals surface area (Å²) < 4.78 is 0. The van der Waals surface area contributed by atoms with Crippen molar-refractivity contribution in [1.82, 2.24) is 0 Å². The van der Waals surface area contributed by atoms with Gasteiger partial charge in [-0.15, -0.1) is 13.2 Å². The van der Waals surface area contributed by atoms with Gasteiger partial charge in [0.15, 0.2) is 0 Å². The lowest BCUT2D eigenvalue weighted by molar-refractivity contribution is 0.113. The Hall–Kier alpha value is -0.600. The van der Waals surface area contributed by atoms with Crippen molar-refractivity contribution in [2.75, 3.05) is 0 Å². The van der Waals surface area contributed by atoms with Crippen LogP contribution in [0, 0.1) is 11.8 Å². The zero-order valence-electron chi connectivity index (χ0n) is 11.4. The SMILES string of the molecule is C=C[C@@H]1CCC[C@@H](O)C1.C=C[C@H]1CCC[C@H](O)C1. The second-order valence-electron chi connectivity index (χ2n) is 5.63. The molecule has 2 rings (SSSR count). The van der Waals surface area contributed by atoms with E-state index in [-0.39, 0.29) is 12.2 Å². The molecule has 0 aromatic heterocycles. The highest BCUT2D eigenvalue weighted by atomic mass is 16.3. The molecule has 0 aromatic rings. The fraction of sp³-hybridized carbons (Fsp3) is 0.750. The summed E-state index contributed by atoms with van der Waals surface area (Å²) in [6, 6.07) is 0. The molecular formula is C16H28O2. The predicted octanol–water partition coefficient (Wildman–Crippen LogP) is 3.45. The van der Waals surface area contributed by atoms with Crippen LogP contribution >= 0.6 is 0 Å². The van der Waals surface area contributed by atoms with Crippen molar-refractivity contribution in [3.05, 3.63) is 25.3 Å². The third kappa shape index (κ3) is 5.83. The first-order chi connectivity index (χ1) is 8.65. The molecule has 2 heteroatoms. The second-order valence-corrected chi connectivity index (χ2v) is 5.63. The number of hydrogen-bond acceptors (Lipinski definition) is 2. The Bertz CT molecular complexity index is 223. The van der Waals surface area contributed by atoms with Crippen molar-refractivity contribution in [2.45, 2.75) is 63.6 Å². The first-order valence-electron chi connectivity index (χ1n) is 7.27. The van der Waals surface area contributed by atoms with Gasteiger partial charge in [-0.05, 0) is 50.4 Å². The molecule has 0 aliphatic heterocycles. The van der Waals surface area contributed by atoms with Gasteiger partial charge in [0.25, 0.3) is 0 Å². The van der Waals surface area contributed by atoms with E-state index < -0.39 is 0 Å². The van der Waals surface area contributed by atoms with Crippen molar-refractivity contribution in [1.29, 1.82) is 0 Å². The molecule has 2 aliphatic carbocycles. The van der Waals surface area contributed by atoms with E-state index in [1.165, 1.54) is 12.8 Å². The van der Waals surface area contributed by atoms with Crippen LogP contribution in [0.3, 0.4) is 0 Å². The molecular weight excluding hydrogens is 224 g/mol. The van der Waals surface area contributed by atoms with Crippen molar-refractivity contribution in [3.63, 3.8) is 0 Å². The molecule has 0 unspecified atom stereocenters. The second kappa shape index (κ2) is 8.49. The normalized spacial score (nSPS) is 36.1. The van der Waals surface area contributed by atoms with Crippen LogP contribution in [0.25, 0.3) is 0 Å². The molecule has 0 saturated heterocycles. The Morgan fingerprint density at radius 2 is 1.11 bits per heavy atom. The molecule has 2 aliphatic rings. The van der Waals surface area contributed by atoms with Crippen LogP contribution in [-0.4, -0.2) is 22.4 Å². The standard InChI is InChI=1S/2C8H14O/c2*1-2-7-4-3-5-8(9)6-7/h2*2,7-9H,1,3-6H2/t2*7-,8-/m10/s1. The lowest BCUT2D eigenvalue weighted by atomic mass is 9.87. The summed E-state index contributed by atoms with van der Waals surface area (Å²) in [4.78, 5) is 0. The van der Waals surface area contributed by atoms with Gasteiger partial charge in [0.05, 0.1) is 12.2 Å². The molecule has 2 saturated carbocycles. The van der Waals surface area contributed by atoms with Crippen LogP contribution in [0.5, 0.6) is 0 Å². The Kier molecular flexibility index (Phi) is 7.29. The third-order valence-electron chi connectivity index (χ3n) is 4.04. The smallest absolute Gasteiger partial charge is 0.0545 e. The van der Waals surface area contributed by atoms with Crippen molar-refractivity contribution in [3.8, 4) is 0 Å². The number of aliphatic hydroxyl groups excluding tert-OH is 2. The minimum atomic E-state index is -0.0539. The van der Waals surface area contributed by atoms with Gasteiger partial charge in [0.2, 0.25) is 0 Å². The van der Waals surface area contributed by atoms with Crippen molar-refractivity contribution in [2.24, 2.45) is 11.8 Å². The van der Waals surface area contributed by atoms with Crippen LogP contribution in [0.2, 0.25) is 0 Å². The minimum Gasteiger partial charge on any atom is -0.393 e. The van der Waals surface area contributed by atoms with E-state index in [4.69, 9.17) is 10.2 Å².